The number of aryl methyl sites for hydroxylation is 1. The summed E-state index contributed by atoms with van der Waals surface area (Å²) in [5.41, 5.74) is 7.91. The zero-order chi connectivity index (χ0) is 28.3. The van der Waals surface area contributed by atoms with Crippen LogP contribution in [0.5, 0.6) is 0 Å². The zero-order valence-corrected chi connectivity index (χ0v) is 23.5. The number of hydrogen-bond acceptors (Lipinski definition) is 4. The number of aromatic nitrogens is 1. The Morgan fingerprint density at radius 2 is 1.78 bits per heavy atom. The summed E-state index contributed by atoms with van der Waals surface area (Å²) in [6, 6.07) is 20.4. The van der Waals surface area contributed by atoms with Crippen LogP contribution in [0.1, 0.15) is 55.5 Å². The summed E-state index contributed by atoms with van der Waals surface area (Å²) < 4.78 is 4.60. The van der Waals surface area contributed by atoms with Crippen LogP contribution in [0.2, 0.25) is 0 Å². The first-order valence-electron chi connectivity index (χ1n) is 14.2. The highest BCUT2D eigenvalue weighted by Crippen LogP contribution is 2.38. The van der Waals surface area contributed by atoms with Gasteiger partial charge in [-0.05, 0) is 67.2 Å². The molecule has 9 heteroatoms. The molecule has 6 rings (SSSR count). The molecule has 0 bridgehead atoms. The fourth-order valence-corrected chi connectivity index (χ4v) is 5.70. The van der Waals surface area contributed by atoms with Crippen LogP contribution < -0.4 is 11.2 Å². The van der Waals surface area contributed by atoms with Crippen LogP contribution in [0, 0.1) is 0 Å². The lowest BCUT2D eigenvalue weighted by molar-refractivity contribution is -0.539. The van der Waals surface area contributed by atoms with E-state index in [1.165, 1.54) is 37.6 Å². The number of allylic oxidation sites excluding steroid dienone is 1. The third-order valence-corrected chi connectivity index (χ3v) is 7.83. The standard InChI is InChI=1S/C32H33BN7O/c1-3-23-7-9-24(10-8-23)27(37-34)21-35-30-17-15-28-32(25-11-13-26(14-12-25)36-22(2)41)29-16-18-31(40(29)33-39(28)30)38-19-5-4-6-20-38/h7-18,21H,3-6,19-20H2,1-2H3,(H2,34,35,36,41)/p+1. The molecule has 0 spiro atoms. The predicted octanol–water partition coefficient (Wildman–Crippen LogP) is 4.70. The predicted molar refractivity (Wildman–Crippen MR) is 167 cm³/mol. The maximum absolute atomic E-state index is 11.6. The number of amides is 1. The molecule has 1 aromatic heterocycles. The maximum Gasteiger partial charge on any atom is 0.553 e. The van der Waals surface area contributed by atoms with Crippen molar-refractivity contribution >= 4 is 48.3 Å². The van der Waals surface area contributed by atoms with Gasteiger partial charge in [0.2, 0.25) is 5.91 Å². The number of carbonyl (C=O) groups excluding carboxylic acids is 1. The van der Waals surface area contributed by atoms with Crippen molar-refractivity contribution in [2.24, 2.45) is 15.9 Å². The van der Waals surface area contributed by atoms with Gasteiger partial charge in [-0.1, -0.05) is 43.3 Å². The number of nitrogens with zero attached hydrogens (tertiary/aromatic N) is 5. The van der Waals surface area contributed by atoms with Crippen molar-refractivity contribution in [2.75, 3.05) is 18.4 Å². The van der Waals surface area contributed by atoms with Crippen molar-refractivity contribution in [3.05, 3.63) is 101 Å². The van der Waals surface area contributed by atoms with Crippen molar-refractivity contribution in [1.82, 2.24) is 9.29 Å². The Labute approximate surface area is 241 Å². The molecule has 41 heavy (non-hydrogen) atoms. The SMILES string of the molecule is CCc1ccc(C(C=Nc2ccc3n2[B]N2C(=C3c3ccc(NC(C)=O)cc3)C=CC2=[N+]2CCCCC2)=NN)cc1. The average molecular weight is 543 g/mol. The monoisotopic (exact) mass is 543 g/mol. The molecular weight excluding hydrogens is 509 g/mol. The summed E-state index contributed by atoms with van der Waals surface area (Å²) in [7, 11) is 2.13. The lowest BCUT2D eigenvalue weighted by Crippen LogP contribution is -2.42. The zero-order valence-electron chi connectivity index (χ0n) is 23.5. The summed E-state index contributed by atoms with van der Waals surface area (Å²) >= 11 is 0. The van der Waals surface area contributed by atoms with Gasteiger partial charge in [0.15, 0.2) is 0 Å². The number of amidine groups is 1. The van der Waals surface area contributed by atoms with Crippen LogP contribution in [-0.2, 0) is 11.2 Å². The van der Waals surface area contributed by atoms with Crippen molar-refractivity contribution in [1.29, 1.82) is 0 Å². The second-order valence-electron chi connectivity index (χ2n) is 10.5. The maximum atomic E-state index is 11.6. The first kappa shape index (κ1) is 26.6. The van der Waals surface area contributed by atoms with E-state index in [1.54, 1.807) is 6.21 Å². The molecule has 1 radical (unpaired) electrons. The van der Waals surface area contributed by atoms with Gasteiger partial charge in [-0.3, -0.25) is 14.2 Å². The summed E-state index contributed by atoms with van der Waals surface area (Å²) in [6.07, 6.45) is 10.8. The summed E-state index contributed by atoms with van der Waals surface area (Å²) in [4.78, 5) is 18.7. The molecule has 4 heterocycles. The van der Waals surface area contributed by atoms with Gasteiger partial charge in [-0.15, -0.1) is 0 Å². The third-order valence-electron chi connectivity index (χ3n) is 7.83. The van der Waals surface area contributed by atoms with Crippen LogP contribution in [0.25, 0.3) is 5.57 Å². The molecule has 0 saturated carbocycles. The first-order chi connectivity index (χ1) is 20.1. The molecule has 2 aromatic carbocycles. The number of carbonyl (C=O) groups is 1. The van der Waals surface area contributed by atoms with E-state index in [0.717, 1.165) is 59.1 Å². The van der Waals surface area contributed by atoms with Crippen molar-refractivity contribution in [3.8, 4) is 0 Å². The first-order valence-corrected chi connectivity index (χ1v) is 14.2. The van der Waals surface area contributed by atoms with E-state index in [9.17, 15) is 4.79 Å². The highest BCUT2D eigenvalue weighted by molar-refractivity contribution is 6.41. The Bertz CT molecular complexity index is 1620. The molecule has 205 valence electrons. The van der Waals surface area contributed by atoms with Gasteiger partial charge < -0.3 is 15.6 Å². The highest BCUT2D eigenvalue weighted by atomic mass is 16.1. The fourth-order valence-electron chi connectivity index (χ4n) is 5.70. The number of anilines is 1. The van der Waals surface area contributed by atoms with Gasteiger partial charge in [0.25, 0.3) is 5.84 Å². The van der Waals surface area contributed by atoms with E-state index in [0.29, 0.717) is 5.71 Å². The lowest BCUT2D eigenvalue weighted by atomic mass is 9.91. The van der Waals surface area contributed by atoms with E-state index in [4.69, 9.17) is 10.8 Å². The van der Waals surface area contributed by atoms with Crippen LogP contribution in [-0.4, -0.2) is 58.2 Å². The lowest BCUT2D eigenvalue weighted by Gasteiger charge is -2.27. The third kappa shape index (κ3) is 5.27. The van der Waals surface area contributed by atoms with Crippen molar-refractivity contribution < 1.29 is 9.37 Å². The van der Waals surface area contributed by atoms with E-state index >= 15 is 0 Å². The smallest absolute Gasteiger partial charge is 0.329 e. The molecule has 8 nitrogen and oxygen atoms in total. The number of nitrogens with two attached hydrogens (primary N) is 1. The molecule has 3 aliphatic rings. The summed E-state index contributed by atoms with van der Waals surface area (Å²) in [5, 5.41) is 6.89. The Hall–Kier alpha value is -4.66. The quantitative estimate of drug-likeness (QED) is 0.155. The molecule has 1 saturated heterocycles. The average Bonchev–Trinajstić information content (AvgIpc) is 3.61. The van der Waals surface area contributed by atoms with Gasteiger partial charge in [-0.25, -0.2) is 4.99 Å². The number of benzene rings is 2. The normalized spacial score (nSPS) is 16.7. The minimum Gasteiger partial charge on any atom is -0.329 e. The topological polar surface area (TPSA) is 91.0 Å². The molecule has 3 aromatic rings. The number of nitrogens with one attached hydrogen (secondary N) is 1. The Morgan fingerprint density at radius 3 is 2.46 bits per heavy atom. The number of hydrazone groups is 1. The summed E-state index contributed by atoms with van der Waals surface area (Å²) in [6.45, 7) is 5.75. The summed E-state index contributed by atoms with van der Waals surface area (Å²) in [5.74, 6) is 7.66. The number of fused-ring (bicyclic) bond motifs is 2. The minimum atomic E-state index is -0.0872. The van der Waals surface area contributed by atoms with E-state index in [2.05, 4.69) is 81.2 Å². The number of piperidine rings is 1. The largest absolute Gasteiger partial charge is 0.553 e. The second-order valence-corrected chi connectivity index (χ2v) is 10.5. The number of hydrogen-bond donors (Lipinski definition) is 2. The van der Waals surface area contributed by atoms with Gasteiger partial charge in [0.05, 0.1) is 19.3 Å². The molecule has 1 fully saturated rings. The Morgan fingerprint density at radius 1 is 1.02 bits per heavy atom. The molecule has 3 aliphatic heterocycles. The molecule has 0 aliphatic carbocycles. The van der Waals surface area contributed by atoms with Crippen LogP contribution in [0.4, 0.5) is 11.5 Å². The van der Waals surface area contributed by atoms with Crippen LogP contribution in [0.3, 0.4) is 0 Å². The number of aliphatic imine (C=N–C) groups is 1. The van der Waals surface area contributed by atoms with Crippen molar-refractivity contribution in [3.63, 3.8) is 0 Å². The fraction of sp³-hybridized carbons (Fsp3) is 0.250. The van der Waals surface area contributed by atoms with E-state index < -0.39 is 0 Å². The molecule has 1 amide bonds. The van der Waals surface area contributed by atoms with E-state index in [-0.39, 0.29) is 5.91 Å². The Balaban J connectivity index is 1.40. The van der Waals surface area contributed by atoms with Gasteiger partial charge in [0.1, 0.15) is 17.2 Å². The number of rotatable bonds is 6. The molecule has 0 atom stereocenters. The van der Waals surface area contributed by atoms with E-state index in [1.807, 2.05) is 30.3 Å². The minimum absolute atomic E-state index is 0.0872. The van der Waals surface area contributed by atoms with Crippen LogP contribution in [0.15, 0.2) is 88.6 Å². The van der Waals surface area contributed by atoms with Gasteiger partial charge in [-0.2, -0.15) is 5.10 Å². The molecular formula is C32H34BN7O+. The van der Waals surface area contributed by atoms with Gasteiger partial charge >= 0.3 is 7.55 Å². The van der Waals surface area contributed by atoms with Crippen LogP contribution >= 0.6 is 0 Å². The Kier molecular flexibility index (Phi) is 7.42. The second kappa shape index (κ2) is 11.4. The van der Waals surface area contributed by atoms with Crippen molar-refractivity contribution in [2.45, 2.75) is 39.5 Å². The molecule has 0 unspecified atom stereocenters. The van der Waals surface area contributed by atoms with Gasteiger partial charge in [0, 0.05) is 35.5 Å². The highest BCUT2D eigenvalue weighted by Gasteiger charge is 2.40. The molecule has 3 N–H and O–H groups in total.